The minimum Gasteiger partial charge on any atom is -0.465 e. The van der Waals surface area contributed by atoms with Crippen LogP contribution >= 0.6 is 0 Å². The van der Waals surface area contributed by atoms with Gasteiger partial charge in [-0.05, 0) is 43.9 Å². The molecule has 36 heavy (non-hydrogen) atoms. The van der Waals surface area contributed by atoms with Crippen molar-refractivity contribution in [3.05, 3.63) is 54.7 Å². The Balaban J connectivity index is 1.30. The average Bonchev–Trinajstić information content (AvgIpc) is 3.62. The zero-order valence-electron chi connectivity index (χ0n) is 20.0. The molecule has 6 rings (SSSR count). The third-order valence-electron chi connectivity index (χ3n) is 7.67. The second kappa shape index (κ2) is 8.37. The zero-order valence-corrected chi connectivity index (χ0v) is 20.0. The van der Waals surface area contributed by atoms with Crippen molar-refractivity contribution in [2.75, 3.05) is 24.5 Å². The number of piperidine rings is 1. The number of likely N-dealkylation sites (tertiary alicyclic amines) is 1. The van der Waals surface area contributed by atoms with Gasteiger partial charge in [0.05, 0.1) is 23.5 Å². The van der Waals surface area contributed by atoms with Gasteiger partial charge in [0.1, 0.15) is 11.9 Å². The summed E-state index contributed by atoms with van der Waals surface area (Å²) in [6.45, 7) is 2.18. The minimum absolute atomic E-state index is 0.226. The second-order valence-electron chi connectivity index (χ2n) is 9.66. The van der Waals surface area contributed by atoms with Crippen molar-refractivity contribution in [1.82, 2.24) is 29.3 Å². The standard InChI is InChI=1S/C26H26N8O2/c1-31-16-21(15-29-31)19-11-22(24-20(12-27)14-30-34(24)17-19)18-3-4-23(28-13-18)32-9-6-26(7-10-32)5-2-8-33(26)25(35)36/h3-4,11,13-17H,2,5-10H2,1H3,(H,35,36). The number of fused-ring (bicyclic) bond motifs is 1. The van der Waals surface area contributed by atoms with Crippen LogP contribution in [0.25, 0.3) is 27.8 Å². The van der Waals surface area contributed by atoms with Gasteiger partial charge in [0.2, 0.25) is 0 Å². The van der Waals surface area contributed by atoms with Gasteiger partial charge in [0, 0.05) is 73.1 Å². The van der Waals surface area contributed by atoms with Crippen LogP contribution in [0.3, 0.4) is 0 Å². The molecule has 1 N–H and O–H groups in total. The number of carboxylic acid groups (broad SMARTS) is 1. The molecule has 2 fully saturated rings. The highest BCUT2D eigenvalue weighted by Gasteiger charge is 2.45. The normalized spacial score (nSPS) is 17.1. The van der Waals surface area contributed by atoms with Crippen LogP contribution in [-0.2, 0) is 7.05 Å². The number of aromatic nitrogens is 5. The lowest BCUT2D eigenvalue weighted by molar-refractivity contribution is 0.0871. The van der Waals surface area contributed by atoms with E-state index in [0.717, 1.165) is 72.4 Å². The summed E-state index contributed by atoms with van der Waals surface area (Å²) in [5.41, 5.74) is 4.71. The highest BCUT2D eigenvalue weighted by Crippen LogP contribution is 2.39. The number of amides is 1. The molecule has 0 aromatic carbocycles. The Morgan fingerprint density at radius 1 is 1.03 bits per heavy atom. The van der Waals surface area contributed by atoms with E-state index in [9.17, 15) is 15.2 Å². The number of carbonyl (C=O) groups is 1. The van der Waals surface area contributed by atoms with Crippen LogP contribution in [-0.4, -0.2) is 65.7 Å². The summed E-state index contributed by atoms with van der Waals surface area (Å²) in [5, 5.41) is 28.0. The molecule has 0 atom stereocenters. The molecular weight excluding hydrogens is 456 g/mol. The summed E-state index contributed by atoms with van der Waals surface area (Å²) in [7, 11) is 1.88. The van der Waals surface area contributed by atoms with Gasteiger partial charge < -0.3 is 14.9 Å². The predicted molar refractivity (Wildman–Crippen MR) is 133 cm³/mol. The Morgan fingerprint density at radius 3 is 2.53 bits per heavy atom. The van der Waals surface area contributed by atoms with Crippen molar-refractivity contribution in [3.63, 3.8) is 0 Å². The summed E-state index contributed by atoms with van der Waals surface area (Å²) >= 11 is 0. The first-order valence-electron chi connectivity index (χ1n) is 12.1. The van der Waals surface area contributed by atoms with Gasteiger partial charge in [0.15, 0.2) is 0 Å². The number of rotatable bonds is 3. The molecule has 1 amide bonds. The molecule has 0 unspecified atom stereocenters. The molecule has 0 bridgehead atoms. The third kappa shape index (κ3) is 3.55. The Morgan fingerprint density at radius 2 is 1.86 bits per heavy atom. The van der Waals surface area contributed by atoms with E-state index in [2.05, 4.69) is 27.2 Å². The molecule has 0 aliphatic carbocycles. The fourth-order valence-corrected chi connectivity index (χ4v) is 5.79. The van der Waals surface area contributed by atoms with E-state index in [0.29, 0.717) is 12.1 Å². The maximum absolute atomic E-state index is 11.7. The van der Waals surface area contributed by atoms with E-state index >= 15 is 0 Å². The SMILES string of the molecule is Cn1cc(-c2cc(-c3ccc(N4CCC5(CCCN5C(=O)O)CC4)nc3)c3c(C#N)cnn3c2)cn1. The monoisotopic (exact) mass is 482 g/mol. The number of aryl methyl sites for hydroxylation is 1. The summed E-state index contributed by atoms with van der Waals surface area (Å²) in [6, 6.07) is 8.34. The van der Waals surface area contributed by atoms with Crippen molar-refractivity contribution in [2.24, 2.45) is 7.05 Å². The molecule has 10 heteroatoms. The second-order valence-corrected chi connectivity index (χ2v) is 9.66. The van der Waals surface area contributed by atoms with Crippen LogP contribution in [0, 0.1) is 11.3 Å². The zero-order chi connectivity index (χ0) is 24.9. The van der Waals surface area contributed by atoms with E-state index in [1.807, 2.05) is 37.8 Å². The summed E-state index contributed by atoms with van der Waals surface area (Å²) in [4.78, 5) is 20.4. The van der Waals surface area contributed by atoms with Gasteiger partial charge >= 0.3 is 6.09 Å². The molecule has 182 valence electrons. The van der Waals surface area contributed by atoms with Crippen LogP contribution in [0.1, 0.15) is 31.2 Å². The third-order valence-corrected chi connectivity index (χ3v) is 7.67. The van der Waals surface area contributed by atoms with E-state index in [1.54, 1.807) is 26.5 Å². The molecule has 2 aliphatic heterocycles. The predicted octanol–water partition coefficient (Wildman–Crippen LogP) is 3.78. The fourth-order valence-electron chi connectivity index (χ4n) is 5.79. The lowest BCUT2D eigenvalue weighted by Crippen LogP contribution is -2.53. The van der Waals surface area contributed by atoms with Crippen molar-refractivity contribution < 1.29 is 9.90 Å². The lowest BCUT2D eigenvalue weighted by Gasteiger charge is -2.44. The number of hydrogen-bond acceptors (Lipinski definition) is 6. The van der Waals surface area contributed by atoms with Gasteiger partial charge in [-0.3, -0.25) is 4.68 Å². The number of nitrogens with zero attached hydrogens (tertiary/aromatic N) is 8. The number of anilines is 1. The van der Waals surface area contributed by atoms with Gasteiger partial charge in [-0.25, -0.2) is 14.3 Å². The van der Waals surface area contributed by atoms with Crippen LogP contribution in [0.2, 0.25) is 0 Å². The van der Waals surface area contributed by atoms with E-state index in [4.69, 9.17) is 4.98 Å². The average molecular weight is 483 g/mol. The van der Waals surface area contributed by atoms with Crippen LogP contribution < -0.4 is 4.90 Å². The van der Waals surface area contributed by atoms with Crippen LogP contribution in [0.5, 0.6) is 0 Å². The van der Waals surface area contributed by atoms with Crippen molar-refractivity contribution in [1.29, 1.82) is 5.26 Å². The van der Waals surface area contributed by atoms with Crippen molar-refractivity contribution in [2.45, 2.75) is 31.2 Å². The Hall–Kier alpha value is -4.39. The van der Waals surface area contributed by atoms with Crippen molar-refractivity contribution >= 4 is 17.4 Å². The molecule has 0 radical (unpaired) electrons. The largest absolute Gasteiger partial charge is 0.465 e. The number of nitriles is 1. The smallest absolute Gasteiger partial charge is 0.407 e. The first-order chi connectivity index (χ1) is 17.5. The summed E-state index contributed by atoms with van der Waals surface area (Å²) in [6.07, 6.45) is 11.8. The molecule has 1 spiro atoms. The Labute approximate surface area is 208 Å². The topological polar surface area (TPSA) is 116 Å². The molecule has 4 aromatic rings. The molecule has 10 nitrogen and oxygen atoms in total. The maximum Gasteiger partial charge on any atom is 0.407 e. The van der Waals surface area contributed by atoms with Crippen LogP contribution in [0.4, 0.5) is 10.6 Å². The molecule has 4 aromatic heterocycles. The minimum atomic E-state index is -0.806. The Bertz CT molecular complexity index is 1490. The Kier molecular flexibility index (Phi) is 5.14. The van der Waals surface area contributed by atoms with Crippen LogP contribution in [0.15, 0.2) is 49.2 Å². The summed E-state index contributed by atoms with van der Waals surface area (Å²) in [5.74, 6) is 0.877. The summed E-state index contributed by atoms with van der Waals surface area (Å²) < 4.78 is 3.49. The lowest BCUT2D eigenvalue weighted by atomic mass is 9.85. The highest BCUT2D eigenvalue weighted by atomic mass is 16.4. The first kappa shape index (κ1) is 22.1. The molecule has 6 heterocycles. The molecular formula is C26H26N8O2. The molecule has 0 saturated carbocycles. The van der Waals surface area contributed by atoms with Crippen molar-refractivity contribution in [3.8, 4) is 28.3 Å². The van der Waals surface area contributed by atoms with E-state index < -0.39 is 6.09 Å². The van der Waals surface area contributed by atoms with E-state index in [-0.39, 0.29) is 5.54 Å². The quantitative estimate of drug-likeness (QED) is 0.472. The highest BCUT2D eigenvalue weighted by molar-refractivity contribution is 5.87. The van der Waals surface area contributed by atoms with E-state index in [1.165, 1.54) is 0 Å². The number of pyridine rings is 2. The van der Waals surface area contributed by atoms with Gasteiger partial charge in [-0.15, -0.1) is 0 Å². The molecule has 2 saturated heterocycles. The fraction of sp³-hybridized carbons (Fsp3) is 0.346. The van der Waals surface area contributed by atoms with Gasteiger partial charge in [0.25, 0.3) is 0 Å². The molecule has 2 aliphatic rings. The number of hydrogen-bond donors (Lipinski definition) is 1. The van der Waals surface area contributed by atoms with Gasteiger partial charge in [-0.1, -0.05) is 0 Å². The first-order valence-corrected chi connectivity index (χ1v) is 12.1. The maximum atomic E-state index is 11.7. The van der Waals surface area contributed by atoms with Gasteiger partial charge in [-0.2, -0.15) is 15.5 Å².